The van der Waals surface area contributed by atoms with E-state index in [0.717, 1.165) is 37.6 Å². The van der Waals surface area contributed by atoms with Crippen molar-refractivity contribution >= 4 is 17.9 Å². The van der Waals surface area contributed by atoms with Crippen LogP contribution in [0.15, 0.2) is 0 Å². The van der Waals surface area contributed by atoms with Crippen molar-refractivity contribution in [1.82, 2.24) is 0 Å². The number of aliphatic carboxylic acids is 3. The molecule has 8 heteroatoms. The van der Waals surface area contributed by atoms with Crippen molar-refractivity contribution < 1.29 is 67.3 Å². The number of hydrogen-bond acceptors (Lipinski definition) is 4. The van der Waals surface area contributed by atoms with Crippen LogP contribution < -0.4 is 0 Å². The summed E-state index contributed by atoms with van der Waals surface area (Å²) >= 11 is 0.861. The molecule has 0 saturated heterocycles. The third-order valence-electron chi connectivity index (χ3n) is 0. The van der Waals surface area contributed by atoms with Crippen LogP contribution >= 0.6 is 0 Å². The van der Waals surface area contributed by atoms with Gasteiger partial charge in [0.1, 0.15) is 0 Å². The summed E-state index contributed by atoms with van der Waals surface area (Å²) in [5.41, 5.74) is 0. The monoisotopic (exact) mass is 349 g/mol. The van der Waals surface area contributed by atoms with Crippen LogP contribution in [-0.4, -0.2) is 33.2 Å². The maximum atomic E-state index is 8.89. The van der Waals surface area contributed by atoms with Crippen molar-refractivity contribution in [2.75, 3.05) is 0 Å². The molecule has 0 spiro atoms. The van der Waals surface area contributed by atoms with Gasteiger partial charge >= 0.3 is 38.9 Å². The van der Waals surface area contributed by atoms with Crippen LogP contribution in [0.2, 0.25) is 0 Å². The SMILES string of the molecule is [CH2-]C(=O)O.[CH2-]C(=O)O.[CH2-]C(=O)O.[N]#[Gd]. The fourth-order valence-electron chi connectivity index (χ4n) is 0. The van der Waals surface area contributed by atoms with E-state index in [9.17, 15) is 0 Å². The Morgan fingerprint density at radius 3 is 0.786 bits per heavy atom. The first-order chi connectivity index (χ1) is 6.20. The Balaban J connectivity index is -0.0000000492. The Morgan fingerprint density at radius 2 is 0.786 bits per heavy atom. The zero-order valence-electron chi connectivity index (χ0n) is 6.99. The van der Waals surface area contributed by atoms with Gasteiger partial charge in [0, 0.05) is 0 Å². The quantitative estimate of drug-likeness (QED) is 0.513. The Morgan fingerprint density at radius 1 is 0.786 bits per heavy atom. The number of nitrogens with zero attached hydrogens (tertiary/aromatic N) is 1. The third kappa shape index (κ3) is 1250. The summed E-state index contributed by atoms with van der Waals surface area (Å²) in [6, 6.07) is 0. The van der Waals surface area contributed by atoms with Gasteiger partial charge in [-0.15, -0.1) is 0 Å². The van der Waals surface area contributed by atoms with E-state index >= 15 is 0 Å². The van der Waals surface area contributed by atoms with Crippen molar-refractivity contribution in [3.05, 3.63) is 20.8 Å². The van der Waals surface area contributed by atoms with Crippen LogP contribution in [0, 0.1) is 59.7 Å². The molecule has 0 aromatic carbocycles. The van der Waals surface area contributed by atoms with Crippen LogP contribution in [0.1, 0.15) is 0 Å². The molecule has 3 N–H and O–H groups in total. The average Bonchev–Trinajstić information content (AvgIpc) is 1.86. The minimum atomic E-state index is -1.08. The van der Waals surface area contributed by atoms with Crippen LogP contribution in [0.5, 0.6) is 0 Å². The summed E-state index contributed by atoms with van der Waals surface area (Å²) in [5.74, 6) is -3.25. The zero-order valence-corrected chi connectivity index (χ0v) is 9.26. The van der Waals surface area contributed by atoms with Gasteiger partial charge in [0.15, 0.2) is 17.9 Å². The van der Waals surface area contributed by atoms with Crippen LogP contribution in [0.25, 0.3) is 0 Å². The second-order valence-electron chi connectivity index (χ2n) is 1.18. The molecule has 0 amide bonds. The first kappa shape index (κ1) is 23.1. The molecule has 14 heavy (non-hydrogen) atoms. The molecular formula is C6H9GdNO6-3. The van der Waals surface area contributed by atoms with E-state index in [1.165, 1.54) is 0 Å². The number of carboxylic acid groups (broad SMARTS) is 3. The zero-order chi connectivity index (χ0) is 12.7. The molecule has 0 aliphatic heterocycles. The van der Waals surface area contributed by atoms with Gasteiger partial charge in [0.2, 0.25) is 0 Å². The molecule has 0 saturated carbocycles. The van der Waals surface area contributed by atoms with E-state index < -0.39 is 17.9 Å². The van der Waals surface area contributed by atoms with Crippen molar-refractivity contribution in [2.24, 2.45) is 0 Å². The normalized spacial score (nSPS) is 5.36. The molecule has 0 radical (unpaired) electrons. The average molecular weight is 348 g/mol. The van der Waals surface area contributed by atoms with Crippen molar-refractivity contribution in [1.29, 1.82) is 1.33 Å². The predicted octanol–water partition coefficient (Wildman–Crippen LogP) is -0.270. The maximum absolute atomic E-state index is 8.89. The topological polar surface area (TPSA) is 136 Å². The number of rotatable bonds is 0. The van der Waals surface area contributed by atoms with E-state index in [0.29, 0.717) is 0 Å². The molecule has 0 rings (SSSR count). The molecule has 0 fully saturated rings. The van der Waals surface area contributed by atoms with Gasteiger partial charge in [-0.2, -0.15) is 0 Å². The standard InChI is InChI=1S/3C2H3O2.Gd.N/c3*1-2(3)4;;/h3*1H2,(H,3,4);;/q3*-1;;. The summed E-state index contributed by atoms with van der Waals surface area (Å²) in [7, 11) is 0. The summed E-state index contributed by atoms with van der Waals surface area (Å²) in [6.07, 6.45) is 0. The summed E-state index contributed by atoms with van der Waals surface area (Å²) < 4.78 is 7.03. The van der Waals surface area contributed by atoms with Gasteiger partial charge in [-0.1, -0.05) is 0 Å². The molecule has 0 atom stereocenters. The van der Waals surface area contributed by atoms with E-state index in [1.54, 1.807) is 0 Å². The van der Waals surface area contributed by atoms with Gasteiger partial charge in [0.25, 0.3) is 0 Å². The number of carbonyl (C=O) groups is 3. The predicted molar refractivity (Wildman–Crippen MR) is 40.7 cm³/mol. The van der Waals surface area contributed by atoms with Crippen molar-refractivity contribution in [2.45, 2.75) is 0 Å². The second kappa shape index (κ2) is 22.7. The number of carboxylic acids is 3. The Labute approximate surface area is 107 Å². The molecule has 0 heterocycles. The first-order valence-corrected chi connectivity index (χ1v) is 3.52. The molecule has 0 unspecified atom stereocenters. The molecular weight excluding hydrogens is 339 g/mol. The van der Waals surface area contributed by atoms with Crippen LogP contribution in [-0.2, 0) is 14.4 Å². The third-order valence-corrected chi connectivity index (χ3v) is 0. The Kier molecular flexibility index (Phi) is 37.5. The van der Waals surface area contributed by atoms with Gasteiger partial charge in [-0.05, 0) is 0 Å². The van der Waals surface area contributed by atoms with Crippen LogP contribution in [0.4, 0.5) is 0 Å². The van der Waals surface area contributed by atoms with Gasteiger partial charge in [-0.25, -0.2) is 0 Å². The fourth-order valence-corrected chi connectivity index (χ4v) is 0. The molecule has 0 aliphatic carbocycles. The van der Waals surface area contributed by atoms with E-state index in [-0.39, 0.29) is 0 Å². The van der Waals surface area contributed by atoms with Gasteiger partial charge < -0.3 is 15.3 Å². The van der Waals surface area contributed by atoms with E-state index in [1.807, 2.05) is 0 Å². The van der Waals surface area contributed by atoms with Crippen LogP contribution in [0.3, 0.4) is 0 Å². The Bertz CT molecular complexity index is 149. The van der Waals surface area contributed by atoms with Crippen molar-refractivity contribution in [3.63, 3.8) is 0 Å². The summed E-state index contributed by atoms with van der Waals surface area (Å²) in [4.78, 5) is 26.7. The first-order valence-electron chi connectivity index (χ1n) is 2.50. The minimum absolute atomic E-state index is 0.861. The fraction of sp³-hybridized carbons (Fsp3) is 0. The summed E-state index contributed by atoms with van der Waals surface area (Å²) in [5, 5.41) is 21.9. The van der Waals surface area contributed by atoms with Gasteiger partial charge in [0.05, 0.1) is 0 Å². The number of hydrogen-bond donors (Lipinski definition) is 3. The van der Waals surface area contributed by atoms with Crippen molar-refractivity contribution in [3.8, 4) is 0 Å². The molecule has 7 nitrogen and oxygen atoms in total. The van der Waals surface area contributed by atoms with E-state index in [2.05, 4.69) is 20.8 Å². The molecule has 85 valence electrons. The van der Waals surface area contributed by atoms with E-state index in [4.69, 9.17) is 31.0 Å². The Hall–Kier alpha value is -0.945. The summed E-state index contributed by atoms with van der Waals surface area (Å²) in [6.45, 7) is 7.67. The second-order valence-corrected chi connectivity index (χ2v) is 1.18. The molecule has 0 aliphatic rings. The van der Waals surface area contributed by atoms with Gasteiger partial charge in [-0.3, -0.25) is 35.2 Å². The molecule has 0 aromatic rings. The molecule has 0 aromatic heterocycles. The molecule has 0 bridgehead atoms.